The lowest BCUT2D eigenvalue weighted by molar-refractivity contribution is -0.125. The van der Waals surface area contributed by atoms with E-state index in [1.165, 1.54) is 18.3 Å². The third kappa shape index (κ3) is 4.67. The van der Waals surface area contributed by atoms with Gasteiger partial charge >= 0.3 is 5.69 Å². The van der Waals surface area contributed by atoms with Gasteiger partial charge in [0.25, 0.3) is 11.5 Å². The van der Waals surface area contributed by atoms with Gasteiger partial charge in [0.15, 0.2) is 24.4 Å². The van der Waals surface area contributed by atoms with Crippen molar-refractivity contribution in [2.75, 3.05) is 6.61 Å². The normalized spacial score (nSPS) is 18.6. The van der Waals surface area contributed by atoms with E-state index in [1.54, 1.807) is 59.0 Å². The zero-order valence-corrected chi connectivity index (χ0v) is 20.5. The number of rotatable bonds is 5. The lowest BCUT2D eigenvalue weighted by Gasteiger charge is -2.18. The fraction of sp³-hybridized carbons (Fsp3) is 0.250. The molecule has 2 heterocycles. The zero-order chi connectivity index (χ0) is 24.6. The van der Waals surface area contributed by atoms with Crippen molar-refractivity contribution in [1.29, 1.82) is 0 Å². The number of benzene rings is 2. The zero-order valence-electron chi connectivity index (χ0n) is 18.3. The van der Waals surface area contributed by atoms with Crippen molar-refractivity contribution in [3.05, 3.63) is 101 Å². The Balaban J connectivity index is 1.60. The SMILES string of the molecule is Cc1ccc(C(=O)C(O)C2OCC(n3cc(I)c(=O)n(C(=O)c4ccc(C)cc4)c3=O)O2)cc1. The molecule has 3 aromatic rings. The van der Waals surface area contributed by atoms with Crippen LogP contribution in [0.25, 0.3) is 0 Å². The maximum atomic E-state index is 13.1. The number of carbonyl (C=O) groups excluding carboxylic acids is 2. The van der Waals surface area contributed by atoms with E-state index in [2.05, 4.69) is 0 Å². The molecule has 1 aliphatic rings. The van der Waals surface area contributed by atoms with Gasteiger partial charge in [-0.2, -0.15) is 4.57 Å². The summed E-state index contributed by atoms with van der Waals surface area (Å²) >= 11 is 1.73. The van der Waals surface area contributed by atoms with Crippen LogP contribution in [-0.4, -0.2) is 44.9 Å². The van der Waals surface area contributed by atoms with E-state index in [0.29, 0.717) is 4.57 Å². The second-order valence-electron chi connectivity index (χ2n) is 7.95. The van der Waals surface area contributed by atoms with Crippen LogP contribution in [0.1, 0.15) is 38.1 Å². The van der Waals surface area contributed by atoms with Crippen LogP contribution in [0.15, 0.2) is 64.3 Å². The van der Waals surface area contributed by atoms with Crippen molar-refractivity contribution in [3.8, 4) is 0 Å². The molecule has 10 heteroatoms. The Kier molecular flexibility index (Phi) is 6.94. The van der Waals surface area contributed by atoms with Crippen molar-refractivity contribution < 1.29 is 24.2 Å². The Morgan fingerprint density at radius 1 is 1.00 bits per heavy atom. The van der Waals surface area contributed by atoms with Crippen molar-refractivity contribution in [2.45, 2.75) is 32.5 Å². The van der Waals surface area contributed by atoms with Gasteiger partial charge in [-0.05, 0) is 48.6 Å². The Hall–Kier alpha value is -2.93. The van der Waals surface area contributed by atoms with Crippen LogP contribution < -0.4 is 11.2 Å². The minimum atomic E-state index is -1.62. The number of aliphatic hydroxyl groups excluding tert-OH is 1. The number of aliphatic hydroxyl groups is 1. The molecule has 1 aromatic heterocycles. The summed E-state index contributed by atoms with van der Waals surface area (Å²) in [5, 5.41) is 10.5. The molecule has 1 N–H and O–H groups in total. The highest BCUT2D eigenvalue weighted by atomic mass is 127. The molecule has 0 aliphatic carbocycles. The first kappa shape index (κ1) is 24.2. The lowest BCUT2D eigenvalue weighted by atomic mass is 10.0. The van der Waals surface area contributed by atoms with Crippen LogP contribution >= 0.6 is 22.6 Å². The predicted molar refractivity (Wildman–Crippen MR) is 130 cm³/mol. The molecule has 0 saturated carbocycles. The van der Waals surface area contributed by atoms with E-state index in [4.69, 9.17) is 9.47 Å². The second kappa shape index (κ2) is 9.74. The number of aryl methyl sites for hydroxylation is 2. The molecule has 0 bridgehead atoms. The first-order valence-corrected chi connectivity index (χ1v) is 11.5. The van der Waals surface area contributed by atoms with Gasteiger partial charge in [-0.25, -0.2) is 4.79 Å². The number of Topliss-reactive ketones (excluding diaryl/α,β-unsaturated/α-hetero) is 1. The number of halogens is 1. The average Bonchev–Trinajstić information content (AvgIpc) is 3.31. The fourth-order valence-corrected chi connectivity index (χ4v) is 4.03. The number of aromatic nitrogens is 2. The minimum absolute atomic E-state index is 0.112. The summed E-state index contributed by atoms with van der Waals surface area (Å²) in [7, 11) is 0. The standard InChI is InChI=1S/C24H21IN2O7/c1-13-3-7-15(8-4-13)19(28)20(29)23-33-12-18(34-23)26-11-17(25)22(31)27(24(26)32)21(30)16-9-5-14(2)6-10-16/h3-11,18,20,23,29H,12H2,1-2H3. The molecular weight excluding hydrogens is 555 g/mol. The molecule has 2 aromatic carbocycles. The maximum absolute atomic E-state index is 13.1. The van der Waals surface area contributed by atoms with Gasteiger partial charge in [0.1, 0.15) is 0 Å². The molecule has 176 valence electrons. The maximum Gasteiger partial charge on any atom is 0.340 e. The Bertz CT molecular complexity index is 1360. The molecule has 4 rings (SSSR count). The summed E-state index contributed by atoms with van der Waals surface area (Å²) in [6.07, 6.45) is -2.74. The Morgan fingerprint density at radius 2 is 1.56 bits per heavy atom. The molecule has 0 radical (unpaired) electrons. The largest absolute Gasteiger partial charge is 0.380 e. The van der Waals surface area contributed by atoms with Gasteiger partial charge in [-0.3, -0.25) is 19.0 Å². The fourth-order valence-electron chi connectivity index (χ4n) is 3.49. The molecular formula is C24H21IN2O7. The summed E-state index contributed by atoms with van der Waals surface area (Å²) in [4.78, 5) is 51.3. The van der Waals surface area contributed by atoms with Gasteiger partial charge < -0.3 is 14.6 Å². The summed E-state index contributed by atoms with van der Waals surface area (Å²) in [5.41, 5.74) is 0.688. The van der Waals surface area contributed by atoms with Crippen molar-refractivity contribution in [1.82, 2.24) is 9.13 Å². The lowest BCUT2D eigenvalue weighted by Crippen LogP contribution is -2.46. The van der Waals surface area contributed by atoms with Crippen LogP contribution in [-0.2, 0) is 9.47 Å². The number of nitrogens with zero attached hydrogens (tertiary/aromatic N) is 2. The molecule has 1 saturated heterocycles. The van der Waals surface area contributed by atoms with Crippen LogP contribution in [0.5, 0.6) is 0 Å². The van der Waals surface area contributed by atoms with Gasteiger partial charge in [-0.1, -0.05) is 47.5 Å². The topological polar surface area (TPSA) is 117 Å². The quantitative estimate of drug-likeness (QED) is 0.365. The van der Waals surface area contributed by atoms with Crippen molar-refractivity contribution >= 4 is 34.3 Å². The van der Waals surface area contributed by atoms with Gasteiger partial charge in [0, 0.05) is 17.3 Å². The van der Waals surface area contributed by atoms with E-state index in [-0.39, 0.29) is 21.3 Å². The number of hydrogen-bond donors (Lipinski definition) is 1. The summed E-state index contributed by atoms with van der Waals surface area (Å²) in [6.45, 7) is 3.56. The molecule has 3 unspecified atom stereocenters. The predicted octanol–water partition coefficient (Wildman–Crippen LogP) is 2.04. The van der Waals surface area contributed by atoms with Gasteiger partial charge in [0.2, 0.25) is 0 Å². The van der Waals surface area contributed by atoms with E-state index in [0.717, 1.165) is 15.7 Å². The van der Waals surface area contributed by atoms with E-state index in [1.807, 2.05) is 13.8 Å². The molecule has 34 heavy (non-hydrogen) atoms. The van der Waals surface area contributed by atoms with Crippen LogP contribution in [0, 0.1) is 17.4 Å². The summed E-state index contributed by atoms with van der Waals surface area (Å²) in [5.74, 6) is -1.36. The molecule has 0 amide bonds. The second-order valence-corrected chi connectivity index (χ2v) is 9.11. The van der Waals surface area contributed by atoms with E-state index in [9.17, 15) is 24.3 Å². The molecule has 1 fully saturated rings. The average molecular weight is 576 g/mol. The van der Waals surface area contributed by atoms with Crippen LogP contribution in [0.4, 0.5) is 0 Å². The Labute approximate surface area is 207 Å². The minimum Gasteiger partial charge on any atom is -0.380 e. The number of hydrogen-bond acceptors (Lipinski definition) is 7. The monoisotopic (exact) mass is 576 g/mol. The molecule has 9 nitrogen and oxygen atoms in total. The first-order valence-electron chi connectivity index (χ1n) is 10.4. The summed E-state index contributed by atoms with van der Waals surface area (Å²) in [6, 6.07) is 13.1. The molecule has 3 atom stereocenters. The number of ketones is 1. The van der Waals surface area contributed by atoms with Crippen molar-refractivity contribution in [3.63, 3.8) is 0 Å². The number of ether oxygens (including phenoxy) is 2. The smallest absolute Gasteiger partial charge is 0.340 e. The highest BCUT2D eigenvalue weighted by Gasteiger charge is 2.38. The molecule has 1 aliphatic heterocycles. The highest BCUT2D eigenvalue weighted by Crippen LogP contribution is 2.24. The van der Waals surface area contributed by atoms with E-state index < -0.39 is 41.6 Å². The first-order chi connectivity index (χ1) is 16.2. The Morgan fingerprint density at radius 3 is 2.15 bits per heavy atom. The van der Waals surface area contributed by atoms with Crippen LogP contribution in [0.2, 0.25) is 0 Å². The van der Waals surface area contributed by atoms with E-state index >= 15 is 0 Å². The highest BCUT2D eigenvalue weighted by molar-refractivity contribution is 14.1. The third-order valence-corrected chi connectivity index (χ3v) is 6.18. The van der Waals surface area contributed by atoms with Gasteiger partial charge in [-0.15, -0.1) is 0 Å². The van der Waals surface area contributed by atoms with Gasteiger partial charge in [0.05, 0.1) is 10.2 Å². The van der Waals surface area contributed by atoms with Crippen molar-refractivity contribution in [2.24, 2.45) is 0 Å². The number of carbonyl (C=O) groups is 2. The summed E-state index contributed by atoms with van der Waals surface area (Å²) < 4.78 is 12.8. The third-order valence-electron chi connectivity index (χ3n) is 5.44. The van der Waals surface area contributed by atoms with Crippen LogP contribution in [0.3, 0.4) is 0 Å². The molecule has 0 spiro atoms.